The van der Waals surface area contributed by atoms with Crippen LogP contribution in [-0.2, 0) is 14.6 Å². The molecule has 0 radical (unpaired) electrons. The van der Waals surface area contributed by atoms with Crippen molar-refractivity contribution in [3.8, 4) is 0 Å². The molecule has 0 aromatic heterocycles. The number of hydrogen-bond acceptors (Lipinski definition) is 5. The molecule has 1 unspecified atom stereocenters. The first-order valence-electron chi connectivity index (χ1n) is 7.28. The van der Waals surface area contributed by atoms with E-state index >= 15 is 0 Å². The molecule has 7 heteroatoms. The zero-order valence-corrected chi connectivity index (χ0v) is 13.3. The van der Waals surface area contributed by atoms with Crippen molar-refractivity contribution < 1.29 is 13.2 Å². The predicted octanol–water partition coefficient (Wildman–Crippen LogP) is -0.403. The normalized spacial score (nSPS) is 21.1. The Morgan fingerprint density at radius 1 is 1.45 bits per heavy atom. The first kappa shape index (κ1) is 17.4. The minimum absolute atomic E-state index is 0.0341. The molecule has 3 N–H and O–H groups in total. The number of sulfone groups is 1. The van der Waals surface area contributed by atoms with Gasteiger partial charge in [0.05, 0.1) is 16.9 Å². The first-order chi connectivity index (χ1) is 9.36. The Morgan fingerprint density at radius 2 is 2.15 bits per heavy atom. The predicted molar refractivity (Wildman–Crippen MR) is 80.2 cm³/mol. The van der Waals surface area contributed by atoms with Crippen molar-refractivity contribution in [3.05, 3.63) is 0 Å². The van der Waals surface area contributed by atoms with Gasteiger partial charge in [0.15, 0.2) is 9.84 Å². The Kier molecular flexibility index (Phi) is 6.91. The highest BCUT2D eigenvalue weighted by molar-refractivity contribution is 7.92. The summed E-state index contributed by atoms with van der Waals surface area (Å²) in [6, 6.07) is 0. The van der Waals surface area contributed by atoms with E-state index in [1.165, 1.54) is 0 Å². The maximum absolute atomic E-state index is 11.9. The van der Waals surface area contributed by atoms with Crippen molar-refractivity contribution in [2.24, 2.45) is 11.7 Å². The van der Waals surface area contributed by atoms with Gasteiger partial charge in [0.2, 0.25) is 5.91 Å². The molecule has 1 fully saturated rings. The van der Waals surface area contributed by atoms with E-state index in [9.17, 15) is 13.2 Å². The number of amides is 1. The van der Waals surface area contributed by atoms with Gasteiger partial charge in [0, 0.05) is 26.2 Å². The second kappa shape index (κ2) is 7.95. The smallest absolute Gasteiger partial charge is 0.224 e. The number of nitrogens with zero attached hydrogens (tertiary/aromatic N) is 1. The summed E-state index contributed by atoms with van der Waals surface area (Å²) in [5, 5.41) is 2.47. The van der Waals surface area contributed by atoms with Crippen molar-refractivity contribution in [1.82, 2.24) is 10.2 Å². The van der Waals surface area contributed by atoms with Crippen LogP contribution in [0.5, 0.6) is 0 Å². The average Bonchev–Trinajstić information content (AvgIpc) is 2.42. The van der Waals surface area contributed by atoms with E-state index in [1.54, 1.807) is 13.8 Å². The summed E-state index contributed by atoms with van der Waals surface area (Å²) in [7, 11) is -3.01. The maximum atomic E-state index is 11.9. The summed E-state index contributed by atoms with van der Waals surface area (Å²) < 4.78 is 23.6. The lowest BCUT2D eigenvalue weighted by Gasteiger charge is -2.32. The van der Waals surface area contributed by atoms with Crippen molar-refractivity contribution in [3.63, 3.8) is 0 Å². The fourth-order valence-electron chi connectivity index (χ4n) is 2.30. The van der Waals surface area contributed by atoms with E-state index in [0.29, 0.717) is 26.2 Å². The second-order valence-electron chi connectivity index (χ2n) is 5.64. The molecule has 1 saturated heterocycles. The van der Waals surface area contributed by atoms with Crippen LogP contribution in [0.4, 0.5) is 0 Å². The van der Waals surface area contributed by atoms with E-state index in [1.807, 2.05) is 0 Å². The van der Waals surface area contributed by atoms with Gasteiger partial charge in [0.1, 0.15) is 0 Å². The molecule has 1 aliphatic rings. The standard InChI is InChI=1S/C13H27N3O3S/c1-11(2)20(18,19)9-8-16-7-3-4-12(10-16)13(17)15-6-5-14/h11-12H,3-10,14H2,1-2H3,(H,15,17). The Morgan fingerprint density at radius 3 is 2.75 bits per heavy atom. The molecule has 0 aromatic carbocycles. The number of nitrogens with one attached hydrogen (secondary N) is 1. The molecule has 0 aromatic rings. The molecule has 1 rings (SSSR count). The molecule has 1 aliphatic heterocycles. The van der Waals surface area contributed by atoms with Crippen molar-refractivity contribution >= 4 is 15.7 Å². The molecular weight excluding hydrogens is 278 g/mol. The summed E-state index contributed by atoms with van der Waals surface area (Å²) in [5.41, 5.74) is 5.37. The number of hydrogen-bond donors (Lipinski definition) is 2. The van der Waals surface area contributed by atoms with E-state index in [2.05, 4.69) is 10.2 Å². The summed E-state index contributed by atoms with van der Waals surface area (Å²) in [6.07, 6.45) is 1.80. The van der Waals surface area contributed by atoms with Gasteiger partial charge in [-0.05, 0) is 33.2 Å². The van der Waals surface area contributed by atoms with Gasteiger partial charge in [-0.15, -0.1) is 0 Å². The quantitative estimate of drug-likeness (QED) is 0.667. The van der Waals surface area contributed by atoms with Crippen LogP contribution in [0, 0.1) is 5.92 Å². The third-order valence-corrected chi connectivity index (χ3v) is 5.92. The van der Waals surface area contributed by atoms with E-state index in [-0.39, 0.29) is 22.8 Å². The van der Waals surface area contributed by atoms with Crippen LogP contribution >= 0.6 is 0 Å². The molecule has 118 valence electrons. The Labute approximate surface area is 122 Å². The van der Waals surface area contributed by atoms with Crippen LogP contribution < -0.4 is 11.1 Å². The lowest BCUT2D eigenvalue weighted by Crippen LogP contribution is -2.45. The molecule has 0 aliphatic carbocycles. The van der Waals surface area contributed by atoms with Gasteiger partial charge >= 0.3 is 0 Å². The fraction of sp³-hybridized carbons (Fsp3) is 0.923. The minimum Gasteiger partial charge on any atom is -0.355 e. The van der Waals surface area contributed by atoms with Gasteiger partial charge in [-0.2, -0.15) is 0 Å². The molecule has 6 nitrogen and oxygen atoms in total. The molecule has 1 amide bonds. The number of likely N-dealkylation sites (tertiary alicyclic amines) is 1. The van der Waals surface area contributed by atoms with E-state index in [0.717, 1.165) is 19.4 Å². The van der Waals surface area contributed by atoms with E-state index in [4.69, 9.17) is 5.73 Å². The summed E-state index contributed by atoms with van der Waals surface area (Å²) in [4.78, 5) is 14.0. The highest BCUT2D eigenvalue weighted by atomic mass is 32.2. The SMILES string of the molecule is CC(C)S(=O)(=O)CCN1CCCC(C(=O)NCCN)C1. The lowest BCUT2D eigenvalue weighted by atomic mass is 9.97. The number of rotatable bonds is 7. The molecule has 1 heterocycles. The highest BCUT2D eigenvalue weighted by Crippen LogP contribution is 2.16. The zero-order chi connectivity index (χ0) is 15.2. The van der Waals surface area contributed by atoms with Crippen LogP contribution in [0.3, 0.4) is 0 Å². The monoisotopic (exact) mass is 305 g/mol. The molecular formula is C13H27N3O3S. The van der Waals surface area contributed by atoms with Crippen molar-refractivity contribution in [1.29, 1.82) is 0 Å². The van der Waals surface area contributed by atoms with Crippen LogP contribution in [-0.4, -0.2) is 63.0 Å². The first-order valence-corrected chi connectivity index (χ1v) is 9.00. The van der Waals surface area contributed by atoms with Crippen LogP contribution in [0.2, 0.25) is 0 Å². The fourth-order valence-corrected chi connectivity index (χ4v) is 3.29. The van der Waals surface area contributed by atoms with Crippen LogP contribution in [0.1, 0.15) is 26.7 Å². The Bertz CT molecular complexity index is 409. The van der Waals surface area contributed by atoms with Gasteiger partial charge in [-0.3, -0.25) is 4.79 Å². The number of carbonyl (C=O) groups excluding carboxylic acids is 1. The molecule has 1 atom stereocenters. The Hall–Kier alpha value is -0.660. The lowest BCUT2D eigenvalue weighted by molar-refractivity contribution is -0.126. The third-order valence-electron chi connectivity index (χ3n) is 3.73. The van der Waals surface area contributed by atoms with E-state index < -0.39 is 9.84 Å². The maximum Gasteiger partial charge on any atom is 0.224 e. The summed E-state index contributed by atoms with van der Waals surface area (Å²) >= 11 is 0. The summed E-state index contributed by atoms with van der Waals surface area (Å²) in [6.45, 7) is 6.37. The van der Waals surface area contributed by atoms with Gasteiger partial charge in [0.25, 0.3) is 0 Å². The topological polar surface area (TPSA) is 92.5 Å². The Balaban J connectivity index is 2.43. The second-order valence-corrected chi connectivity index (χ2v) is 8.31. The number of nitrogens with two attached hydrogens (primary N) is 1. The van der Waals surface area contributed by atoms with Crippen molar-refractivity contribution in [2.75, 3.05) is 38.5 Å². The van der Waals surface area contributed by atoms with Crippen molar-refractivity contribution in [2.45, 2.75) is 31.9 Å². The minimum atomic E-state index is -3.01. The largest absolute Gasteiger partial charge is 0.355 e. The van der Waals surface area contributed by atoms with Gasteiger partial charge < -0.3 is 16.0 Å². The highest BCUT2D eigenvalue weighted by Gasteiger charge is 2.26. The molecule has 0 spiro atoms. The van der Waals surface area contributed by atoms with Crippen LogP contribution in [0.25, 0.3) is 0 Å². The van der Waals surface area contributed by atoms with Gasteiger partial charge in [-0.1, -0.05) is 0 Å². The van der Waals surface area contributed by atoms with Gasteiger partial charge in [-0.25, -0.2) is 8.42 Å². The number of piperidine rings is 1. The zero-order valence-electron chi connectivity index (χ0n) is 12.5. The molecule has 0 saturated carbocycles. The molecule has 20 heavy (non-hydrogen) atoms. The average molecular weight is 305 g/mol. The molecule has 0 bridgehead atoms. The summed E-state index contributed by atoms with van der Waals surface area (Å²) in [5.74, 6) is 0.158. The number of carbonyl (C=O) groups is 1. The third kappa shape index (κ3) is 5.38. The van der Waals surface area contributed by atoms with Crippen LogP contribution in [0.15, 0.2) is 0 Å².